The number of nitrogens with zero attached hydrogens (tertiary/aromatic N) is 3. The van der Waals surface area contributed by atoms with Crippen molar-refractivity contribution in [3.63, 3.8) is 0 Å². The van der Waals surface area contributed by atoms with E-state index in [2.05, 4.69) is 10.3 Å². The first-order chi connectivity index (χ1) is 19.1. The highest BCUT2D eigenvalue weighted by atomic mass is 35.5. The van der Waals surface area contributed by atoms with Crippen LogP contribution in [0.5, 0.6) is 0 Å². The van der Waals surface area contributed by atoms with Gasteiger partial charge in [0.25, 0.3) is 11.8 Å². The predicted molar refractivity (Wildman–Crippen MR) is 150 cm³/mol. The lowest BCUT2D eigenvalue weighted by atomic mass is 9.87. The van der Waals surface area contributed by atoms with Gasteiger partial charge in [-0.05, 0) is 49.2 Å². The van der Waals surface area contributed by atoms with Crippen LogP contribution in [0.15, 0.2) is 66.9 Å². The monoisotopic (exact) mass is 586 g/mol. The van der Waals surface area contributed by atoms with E-state index in [-0.39, 0.29) is 42.4 Å². The van der Waals surface area contributed by atoms with Crippen LogP contribution in [0.1, 0.15) is 50.3 Å². The summed E-state index contributed by atoms with van der Waals surface area (Å²) in [6, 6.07) is 11.6. The maximum Gasteiger partial charge on any atom is 0.252 e. The van der Waals surface area contributed by atoms with Crippen LogP contribution in [0.4, 0.5) is 24.7 Å². The lowest BCUT2D eigenvalue weighted by molar-refractivity contribution is -0.133. The molecule has 1 saturated carbocycles. The Hall–Kier alpha value is -3.92. The minimum absolute atomic E-state index is 0. The van der Waals surface area contributed by atoms with Gasteiger partial charge in [0.15, 0.2) is 0 Å². The van der Waals surface area contributed by atoms with Crippen molar-refractivity contribution in [1.82, 2.24) is 10.3 Å². The van der Waals surface area contributed by atoms with Crippen molar-refractivity contribution >= 4 is 40.8 Å². The fourth-order valence-corrected chi connectivity index (χ4v) is 5.48. The molecule has 1 saturated heterocycles. The number of halogens is 4. The van der Waals surface area contributed by atoms with Gasteiger partial charge in [-0.1, -0.05) is 49.4 Å². The molecular weight excluding hydrogens is 557 g/mol. The maximum absolute atomic E-state index is 14.5. The molecule has 1 aliphatic heterocycles. The molecule has 216 valence electrons. The number of aryl methyl sites for hydroxylation is 1. The molecule has 1 aromatic heterocycles. The average Bonchev–Trinajstić information content (AvgIpc) is 3.27. The SMILES string of the molecule is C.Cc1cccnc1N1C(=O)CC[C@H]1C(=O)N(c1cccc(F)c1)[C@H](C(=O)NC1CC(F)(F)C1)c1ccccc1Cl. The van der Waals surface area contributed by atoms with Gasteiger partial charge in [0.2, 0.25) is 11.8 Å². The summed E-state index contributed by atoms with van der Waals surface area (Å²) >= 11 is 6.50. The minimum Gasteiger partial charge on any atom is -0.351 e. The van der Waals surface area contributed by atoms with Crippen LogP contribution in [0, 0.1) is 12.7 Å². The Balaban J connectivity index is 0.00000387. The number of alkyl halides is 2. The third kappa shape index (κ3) is 6.07. The zero-order chi connectivity index (χ0) is 28.6. The molecule has 2 aliphatic rings. The van der Waals surface area contributed by atoms with E-state index in [0.29, 0.717) is 11.4 Å². The van der Waals surface area contributed by atoms with Crippen molar-refractivity contribution in [3.05, 3.63) is 88.8 Å². The number of carbonyl (C=O) groups is 3. The van der Waals surface area contributed by atoms with Gasteiger partial charge in [-0.15, -0.1) is 0 Å². The number of aromatic nitrogens is 1. The van der Waals surface area contributed by atoms with Crippen LogP contribution in [0.3, 0.4) is 0 Å². The average molecular weight is 587 g/mol. The second kappa shape index (κ2) is 11.9. The maximum atomic E-state index is 14.5. The van der Waals surface area contributed by atoms with Gasteiger partial charge in [-0.3, -0.25) is 24.2 Å². The predicted octanol–water partition coefficient (Wildman–Crippen LogP) is 6.00. The molecule has 2 fully saturated rings. The Kier molecular flexibility index (Phi) is 8.72. The fourth-order valence-electron chi connectivity index (χ4n) is 5.24. The highest BCUT2D eigenvalue weighted by molar-refractivity contribution is 6.31. The Morgan fingerprint density at radius 2 is 1.85 bits per heavy atom. The van der Waals surface area contributed by atoms with E-state index in [1.54, 1.807) is 37.3 Å². The molecule has 0 radical (unpaired) electrons. The molecule has 2 atom stereocenters. The van der Waals surface area contributed by atoms with Gasteiger partial charge < -0.3 is 5.32 Å². The topological polar surface area (TPSA) is 82.6 Å². The standard InChI is InChI=1S/C29H26ClF3N4O3.CH4/c1-17-6-5-13-34-26(17)37-23(11-12-24(37)38)28(40)36(20-8-4-7-18(31)14-20)25(21-9-2-3-10-22(21)30)27(39)35-19-15-29(32,33)16-19;/h2-10,13-14,19,23,25H,11-12,15-16H2,1H3,(H,35,39);1H4/t23-,25-;/m0./s1. The normalized spacial score (nSPS) is 18.7. The molecule has 0 unspecified atom stereocenters. The molecular formula is C30H30ClF3N4O3. The van der Waals surface area contributed by atoms with Crippen LogP contribution < -0.4 is 15.1 Å². The van der Waals surface area contributed by atoms with E-state index < -0.39 is 54.5 Å². The zero-order valence-corrected chi connectivity index (χ0v) is 22.2. The lowest BCUT2D eigenvalue weighted by Gasteiger charge is -2.39. The molecule has 0 bridgehead atoms. The number of rotatable bonds is 7. The number of hydrogen-bond donors (Lipinski definition) is 1. The number of nitrogens with one attached hydrogen (secondary N) is 1. The van der Waals surface area contributed by atoms with Gasteiger partial charge in [0.05, 0.1) is 0 Å². The van der Waals surface area contributed by atoms with E-state index in [4.69, 9.17) is 11.6 Å². The first kappa shape index (κ1) is 30.0. The van der Waals surface area contributed by atoms with Crippen molar-refractivity contribution in [1.29, 1.82) is 0 Å². The summed E-state index contributed by atoms with van der Waals surface area (Å²) in [6.45, 7) is 1.76. The number of anilines is 2. The summed E-state index contributed by atoms with van der Waals surface area (Å²) in [6.07, 6.45) is 0.625. The number of carbonyl (C=O) groups excluding carboxylic acids is 3. The second-order valence-corrected chi connectivity index (χ2v) is 10.5. The minimum atomic E-state index is -2.89. The molecule has 0 spiro atoms. The number of amides is 3. The molecule has 11 heteroatoms. The summed E-state index contributed by atoms with van der Waals surface area (Å²) in [7, 11) is 0. The molecule has 3 aromatic rings. The third-order valence-electron chi connectivity index (χ3n) is 7.17. The third-order valence-corrected chi connectivity index (χ3v) is 7.52. The van der Waals surface area contributed by atoms with Crippen molar-refractivity contribution < 1.29 is 27.6 Å². The lowest BCUT2D eigenvalue weighted by Crippen LogP contribution is -2.56. The van der Waals surface area contributed by atoms with E-state index >= 15 is 0 Å². The van der Waals surface area contributed by atoms with Crippen LogP contribution >= 0.6 is 11.6 Å². The molecule has 7 nitrogen and oxygen atoms in total. The van der Waals surface area contributed by atoms with Gasteiger partial charge >= 0.3 is 0 Å². The first-order valence-electron chi connectivity index (χ1n) is 12.8. The van der Waals surface area contributed by atoms with Crippen molar-refractivity contribution in [2.75, 3.05) is 9.80 Å². The summed E-state index contributed by atoms with van der Waals surface area (Å²) in [4.78, 5) is 48.0. The molecule has 2 heterocycles. The number of hydrogen-bond acceptors (Lipinski definition) is 4. The van der Waals surface area contributed by atoms with Crippen molar-refractivity contribution in [3.8, 4) is 0 Å². The van der Waals surface area contributed by atoms with Gasteiger partial charge in [-0.2, -0.15) is 0 Å². The van der Waals surface area contributed by atoms with Gasteiger partial charge in [-0.25, -0.2) is 18.2 Å². The summed E-state index contributed by atoms with van der Waals surface area (Å²) < 4.78 is 41.7. The van der Waals surface area contributed by atoms with Crippen molar-refractivity contribution in [2.45, 2.75) is 64.1 Å². The number of benzene rings is 2. The molecule has 5 rings (SSSR count). The van der Waals surface area contributed by atoms with Gasteiger partial charge in [0.1, 0.15) is 23.7 Å². The Morgan fingerprint density at radius 3 is 2.51 bits per heavy atom. The summed E-state index contributed by atoms with van der Waals surface area (Å²) in [5, 5.41) is 2.76. The molecule has 1 aliphatic carbocycles. The highest BCUT2D eigenvalue weighted by Crippen LogP contribution is 2.40. The molecule has 1 N–H and O–H groups in total. The summed E-state index contributed by atoms with van der Waals surface area (Å²) in [5.41, 5.74) is 0.926. The van der Waals surface area contributed by atoms with Crippen molar-refractivity contribution in [2.24, 2.45) is 0 Å². The van der Waals surface area contributed by atoms with Gasteiger partial charge in [0, 0.05) is 47.8 Å². The quantitative estimate of drug-likeness (QED) is 0.368. The van der Waals surface area contributed by atoms with E-state index in [0.717, 1.165) is 11.0 Å². The van der Waals surface area contributed by atoms with Crippen LogP contribution in [-0.4, -0.2) is 40.7 Å². The molecule has 3 amide bonds. The smallest absolute Gasteiger partial charge is 0.252 e. The Morgan fingerprint density at radius 1 is 1.12 bits per heavy atom. The van der Waals surface area contributed by atoms with E-state index in [1.807, 2.05) is 0 Å². The second-order valence-electron chi connectivity index (χ2n) is 10.0. The zero-order valence-electron chi connectivity index (χ0n) is 21.5. The highest BCUT2D eigenvalue weighted by Gasteiger charge is 2.48. The van der Waals surface area contributed by atoms with E-state index in [1.165, 1.54) is 35.4 Å². The largest absolute Gasteiger partial charge is 0.351 e. The fraction of sp³-hybridized carbons (Fsp3) is 0.333. The van der Waals surface area contributed by atoms with Crippen LogP contribution in [0.25, 0.3) is 0 Å². The Labute approximate surface area is 241 Å². The molecule has 2 aromatic carbocycles. The first-order valence-corrected chi connectivity index (χ1v) is 13.2. The van der Waals surface area contributed by atoms with Crippen LogP contribution in [0.2, 0.25) is 5.02 Å². The Bertz CT molecular complexity index is 1460. The van der Waals surface area contributed by atoms with E-state index in [9.17, 15) is 27.6 Å². The molecule has 41 heavy (non-hydrogen) atoms. The number of pyridine rings is 1. The summed E-state index contributed by atoms with van der Waals surface area (Å²) in [5.74, 6) is -4.99. The van der Waals surface area contributed by atoms with Crippen LogP contribution in [-0.2, 0) is 14.4 Å².